The average molecular weight is 281 g/mol. The second-order valence-electron chi connectivity index (χ2n) is 5.04. The lowest BCUT2D eigenvalue weighted by Gasteiger charge is -2.01. The Labute approximate surface area is 116 Å². The van der Waals surface area contributed by atoms with Crippen LogP contribution in [0.3, 0.4) is 0 Å². The second-order valence-corrected chi connectivity index (χ2v) is 5.43. The van der Waals surface area contributed by atoms with Crippen molar-refractivity contribution in [2.45, 2.75) is 25.9 Å². The summed E-state index contributed by atoms with van der Waals surface area (Å²) < 4.78 is 3.63. The normalized spacial score (nSPS) is 15.1. The highest BCUT2D eigenvalue weighted by Crippen LogP contribution is 2.27. The molecule has 3 rings (SSSR count). The molecule has 0 bridgehead atoms. The predicted octanol–water partition coefficient (Wildman–Crippen LogP) is 1.21. The van der Waals surface area contributed by atoms with Gasteiger partial charge in [-0.2, -0.15) is 0 Å². The van der Waals surface area contributed by atoms with Gasteiger partial charge in [0.2, 0.25) is 0 Å². The SMILES string of the molecule is Cn1c(Cl)cnc1Cn1cc(CNCC2CC2)nn1. The highest BCUT2D eigenvalue weighted by Gasteiger charge is 2.20. The lowest BCUT2D eigenvalue weighted by molar-refractivity contribution is 0.606. The lowest BCUT2D eigenvalue weighted by atomic mass is 10.4. The van der Waals surface area contributed by atoms with E-state index in [2.05, 4.69) is 20.6 Å². The lowest BCUT2D eigenvalue weighted by Crippen LogP contribution is -2.16. The van der Waals surface area contributed by atoms with Gasteiger partial charge in [0.05, 0.1) is 18.1 Å². The number of nitrogens with zero attached hydrogens (tertiary/aromatic N) is 5. The van der Waals surface area contributed by atoms with E-state index >= 15 is 0 Å². The fourth-order valence-electron chi connectivity index (χ4n) is 1.94. The first-order chi connectivity index (χ1) is 9.22. The molecule has 0 atom stereocenters. The molecule has 2 aromatic heterocycles. The molecule has 1 aliphatic carbocycles. The van der Waals surface area contributed by atoms with Gasteiger partial charge >= 0.3 is 0 Å². The molecule has 102 valence electrons. The van der Waals surface area contributed by atoms with E-state index in [-0.39, 0.29) is 0 Å². The van der Waals surface area contributed by atoms with Gasteiger partial charge in [-0.3, -0.25) is 0 Å². The van der Waals surface area contributed by atoms with Crippen molar-refractivity contribution < 1.29 is 0 Å². The molecule has 6 nitrogen and oxygen atoms in total. The molecule has 0 unspecified atom stereocenters. The minimum Gasteiger partial charge on any atom is -0.321 e. The Morgan fingerprint density at radius 1 is 1.47 bits per heavy atom. The molecule has 0 spiro atoms. The van der Waals surface area contributed by atoms with Gasteiger partial charge in [0, 0.05) is 13.6 Å². The van der Waals surface area contributed by atoms with E-state index in [0.29, 0.717) is 11.7 Å². The largest absolute Gasteiger partial charge is 0.321 e. The Morgan fingerprint density at radius 3 is 3.00 bits per heavy atom. The highest BCUT2D eigenvalue weighted by molar-refractivity contribution is 6.29. The summed E-state index contributed by atoms with van der Waals surface area (Å²) in [6.07, 6.45) is 6.31. The molecule has 1 N–H and O–H groups in total. The van der Waals surface area contributed by atoms with Gasteiger partial charge in [-0.25, -0.2) is 9.67 Å². The number of hydrogen-bond acceptors (Lipinski definition) is 4. The van der Waals surface area contributed by atoms with Crippen molar-refractivity contribution in [3.63, 3.8) is 0 Å². The minimum atomic E-state index is 0.582. The molecule has 0 aliphatic heterocycles. The fourth-order valence-corrected chi connectivity index (χ4v) is 2.09. The molecule has 0 saturated heterocycles. The van der Waals surface area contributed by atoms with E-state index in [0.717, 1.165) is 30.5 Å². The smallest absolute Gasteiger partial charge is 0.131 e. The van der Waals surface area contributed by atoms with Crippen LogP contribution in [0.4, 0.5) is 0 Å². The quantitative estimate of drug-likeness (QED) is 0.864. The first-order valence-electron chi connectivity index (χ1n) is 6.48. The van der Waals surface area contributed by atoms with Crippen LogP contribution in [0.5, 0.6) is 0 Å². The van der Waals surface area contributed by atoms with Crippen molar-refractivity contribution in [3.8, 4) is 0 Å². The molecule has 1 fully saturated rings. The summed E-state index contributed by atoms with van der Waals surface area (Å²) in [5.41, 5.74) is 0.959. The van der Waals surface area contributed by atoms with Crippen LogP contribution >= 0.6 is 11.6 Å². The first-order valence-corrected chi connectivity index (χ1v) is 6.86. The maximum Gasteiger partial charge on any atom is 0.131 e. The number of halogens is 1. The summed E-state index contributed by atoms with van der Waals surface area (Å²) in [5, 5.41) is 12.3. The van der Waals surface area contributed by atoms with Gasteiger partial charge in [0.25, 0.3) is 0 Å². The summed E-state index contributed by atoms with van der Waals surface area (Å²) in [5.74, 6) is 1.75. The van der Waals surface area contributed by atoms with Gasteiger partial charge in [-0.1, -0.05) is 16.8 Å². The Balaban J connectivity index is 1.56. The van der Waals surface area contributed by atoms with Gasteiger partial charge in [0.15, 0.2) is 0 Å². The van der Waals surface area contributed by atoms with Crippen molar-refractivity contribution >= 4 is 11.6 Å². The van der Waals surface area contributed by atoms with Gasteiger partial charge in [0.1, 0.15) is 17.5 Å². The number of imidazole rings is 1. The van der Waals surface area contributed by atoms with Crippen LogP contribution in [-0.4, -0.2) is 31.1 Å². The summed E-state index contributed by atoms with van der Waals surface area (Å²) in [4.78, 5) is 4.24. The molecule has 0 amide bonds. The van der Waals surface area contributed by atoms with E-state index in [1.807, 2.05) is 17.8 Å². The first kappa shape index (κ1) is 12.6. The molecule has 1 saturated carbocycles. The monoisotopic (exact) mass is 280 g/mol. The number of hydrogen-bond donors (Lipinski definition) is 1. The van der Waals surface area contributed by atoms with E-state index in [1.54, 1.807) is 10.9 Å². The third-order valence-corrected chi connectivity index (χ3v) is 3.70. The summed E-state index contributed by atoms with van der Waals surface area (Å²) in [6.45, 7) is 2.44. The van der Waals surface area contributed by atoms with Gasteiger partial charge in [-0.15, -0.1) is 5.10 Å². The fraction of sp³-hybridized carbons (Fsp3) is 0.583. The summed E-state index contributed by atoms with van der Waals surface area (Å²) in [7, 11) is 1.89. The van der Waals surface area contributed by atoms with Crippen LogP contribution in [0.15, 0.2) is 12.4 Å². The second kappa shape index (κ2) is 5.30. The zero-order chi connectivity index (χ0) is 13.2. The molecule has 2 heterocycles. The minimum absolute atomic E-state index is 0.582. The van der Waals surface area contributed by atoms with Gasteiger partial charge in [-0.05, 0) is 25.3 Å². The highest BCUT2D eigenvalue weighted by atomic mass is 35.5. The number of nitrogens with one attached hydrogen (secondary N) is 1. The topological polar surface area (TPSA) is 60.6 Å². The molecular weight excluding hydrogens is 264 g/mol. The molecule has 1 aliphatic rings. The van der Waals surface area contributed by atoms with E-state index in [1.165, 1.54) is 12.8 Å². The number of aromatic nitrogens is 5. The van der Waals surface area contributed by atoms with Crippen LogP contribution in [0.25, 0.3) is 0 Å². The average Bonchev–Trinajstić information content (AvgIpc) is 3.04. The molecule has 0 radical (unpaired) electrons. The predicted molar refractivity (Wildman–Crippen MR) is 71.8 cm³/mol. The zero-order valence-electron chi connectivity index (χ0n) is 10.9. The Kier molecular flexibility index (Phi) is 3.52. The van der Waals surface area contributed by atoms with Crippen LogP contribution in [0.2, 0.25) is 5.15 Å². The third kappa shape index (κ3) is 3.13. The van der Waals surface area contributed by atoms with Crippen LogP contribution in [0, 0.1) is 5.92 Å². The van der Waals surface area contributed by atoms with Crippen molar-refractivity contribution in [2.75, 3.05) is 6.54 Å². The van der Waals surface area contributed by atoms with Crippen LogP contribution in [-0.2, 0) is 20.1 Å². The molecular formula is C12H17ClN6. The molecule has 2 aromatic rings. The van der Waals surface area contributed by atoms with Crippen LogP contribution in [0.1, 0.15) is 24.4 Å². The standard InChI is InChI=1S/C12H17ClN6/c1-18-11(13)6-15-12(18)8-19-7-10(16-17-19)5-14-4-9-2-3-9/h6-7,9,14H,2-5,8H2,1H3. The van der Waals surface area contributed by atoms with Crippen molar-refractivity contribution in [1.29, 1.82) is 0 Å². The summed E-state index contributed by atoms with van der Waals surface area (Å²) >= 11 is 5.95. The Morgan fingerprint density at radius 2 is 2.32 bits per heavy atom. The van der Waals surface area contributed by atoms with E-state index in [4.69, 9.17) is 11.6 Å². The Hall–Kier alpha value is -1.40. The van der Waals surface area contributed by atoms with E-state index < -0.39 is 0 Å². The summed E-state index contributed by atoms with van der Waals surface area (Å²) in [6, 6.07) is 0. The molecule has 0 aromatic carbocycles. The maximum absolute atomic E-state index is 5.95. The maximum atomic E-state index is 5.95. The third-order valence-electron chi connectivity index (χ3n) is 3.35. The van der Waals surface area contributed by atoms with Crippen molar-refractivity contribution in [3.05, 3.63) is 29.1 Å². The Bertz CT molecular complexity index is 556. The van der Waals surface area contributed by atoms with Crippen molar-refractivity contribution in [2.24, 2.45) is 13.0 Å². The van der Waals surface area contributed by atoms with Crippen molar-refractivity contribution in [1.82, 2.24) is 29.9 Å². The van der Waals surface area contributed by atoms with Gasteiger partial charge < -0.3 is 9.88 Å². The zero-order valence-corrected chi connectivity index (χ0v) is 11.6. The molecule has 7 heteroatoms. The number of rotatable bonds is 6. The van der Waals surface area contributed by atoms with Crippen LogP contribution < -0.4 is 5.32 Å². The molecule has 19 heavy (non-hydrogen) atoms. The van der Waals surface area contributed by atoms with E-state index in [9.17, 15) is 0 Å².